The number of pyridine rings is 1. The number of allylic oxidation sites excluding steroid dienone is 3. The van der Waals surface area contributed by atoms with Gasteiger partial charge in [0, 0.05) is 40.2 Å². The minimum atomic E-state index is -0.635. The van der Waals surface area contributed by atoms with Crippen molar-refractivity contribution in [3.05, 3.63) is 71.6 Å². The highest BCUT2D eigenvalue weighted by Gasteiger charge is 2.42. The summed E-state index contributed by atoms with van der Waals surface area (Å²) >= 11 is 7.52. The average molecular weight is 425 g/mol. The van der Waals surface area contributed by atoms with E-state index in [1.165, 1.54) is 0 Å². The molecule has 0 saturated heterocycles. The summed E-state index contributed by atoms with van der Waals surface area (Å²) in [6, 6.07) is 10.3. The number of hydrogen-bond acceptors (Lipinski definition) is 5. The van der Waals surface area contributed by atoms with Crippen molar-refractivity contribution in [3.8, 4) is 0 Å². The van der Waals surface area contributed by atoms with Crippen molar-refractivity contribution >= 4 is 40.6 Å². The second-order valence-electron chi connectivity index (χ2n) is 7.25. The molecule has 1 unspecified atom stereocenters. The van der Waals surface area contributed by atoms with Crippen LogP contribution in [0.15, 0.2) is 75.3 Å². The highest BCUT2D eigenvalue weighted by molar-refractivity contribution is 7.99. The molecule has 4 rings (SSSR count). The molecule has 1 atom stereocenters. The van der Waals surface area contributed by atoms with E-state index < -0.39 is 5.41 Å². The van der Waals surface area contributed by atoms with Gasteiger partial charge in [0.1, 0.15) is 0 Å². The average Bonchev–Trinajstić information content (AvgIpc) is 2.75. The van der Waals surface area contributed by atoms with E-state index in [4.69, 9.17) is 17.3 Å². The van der Waals surface area contributed by atoms with Crippen molar-refractivity contribution in [2.45, 2.75) is 29.0 Å². The zero-order chi connectivity index (χ0) is 20.4. The summed E-state index contributed by atoms with van der Waals surface area (Å²) in [5, 5.41) is 4.14. The maximum absolute atomic E-state index is 12.4. The lowest BCUT2D eigenvalue weighted by atomic mass is 9.71. The van der Waals surface area contributed by atoms with Crippen LogP contribution in [0.3, 0.4) is 0 Å². The van der Waals surface area contributed by atoms with Gasteiger partial charge in [-0.3, -0.25) is 9.78 Å². The first kappa shape index (κ1) is 19.9. The molecule has 7 heteroatoms. The van der Waals surface area contributed by atoms with Gasteiger partial charge >= 0.3 is 0 Å². The van der Waals surface area contributed by atoms with Crippen LogP contribution in [0.25, 0.3) is 5.57 Å². The summed E-state index contributed by atoms with van der Waals surface area (Å²) in [7, 11) is 0. The van der Waals surface area contributed by atoms with Gasteiger partial charge in [-0.25, -0.2) is 5.43 Å². The molecule has 2 aromatic rings. The van der Waals surface area contributed by atoms with Crippen LogP contribution < -0.4 is 11.2 Å². The van der Waals surface area contributed by atoms with Crippen LogP contribution in [-0.2, 0) is 10.7 Å². The molecule has 0 radical (unpaired) electrons. The Kier molecular flexibility index (Phi) is 5.58. The molecule has 29 heavy (non-hydrogen) atoms. The Morgan fingerprint density at radius 1 is 1.24 bits per heavy atom. The summed E-state index contributed by atoms with van der Waals surface area (Å²) < 4.78 is 0. The Labute approximate surface area is 179 Å². The number of nitrogens with zero attached hydrogens (tertiary/aromatic N) is 2. The standard InChI is InChI=1S/C22H21ClN4OS/c1-22-7-6-15(9-19(22)20(11-24)26-27-21(22)28)16-8-18(13-25-12-16)29-17-4-2-14(10-23)3-5-17/h2-6,8-9,12-13H,7,10-11,24H2,1H3,(H,27,28). The number of fused-ring (bicyclic) bond motifs is 1. The zero-order valence-electron chi connectivity index (χ0n) is 16.0. The lowest BCUT2D eigenvalue weighted by Gasteiger charge is -2.36. The molecule has 5 nitrogen and oxygen atoms in total. The van der Waals surface area contributed by atoms with Crippen molar-refractivity contribution in [2.24, 2.45) is 16.3 Å². The molecule has 0 saturated carbocycles. The van der Waals surface area contributed by atoms with Crippen molar-refractivity contribution in [1.82, 2.24) is 10.4 Å². The van der Waals surface area contributed by atoms with Gasteiger partial charge in [0.25, 0.3) is 5.91 Å². The third-order valence-electron chi connectivity index (χ3n) is 5.28. The monoisotopic (exact) mass is 424 g/mol. The van der Waals surface area contributed by atoms with Crippen LogP contribution in [0.5, 0.6) is 0 Å². The predicted octanol–water partition coefficient (Wildman–Crippen LogP) is 4.14. The number of hydrazone groups is 1. The first-order valence-electron chi connectivity index (χ1n) is 9.31. The van der Waals surface area contributed by atoms with E-state index in [0.717, 1.165) is 37.8 Å². The third kappa shape index (κ3) is 3.88. The lowest BCUT2D eigenvalue weighted by molar-refractivity contribution is -0.128. The molecule has 1 aromatic heterocycles. The molecule has 0 bridgehead atoms. The van der Waals surface area contributed by atoms with Crippen molar-refractivity contribution in [3.63, 3.8) is 0 Å². The van der Waals surface area contributed by atoms with Gasteiger partial charge in [0.05, 0.1) is 11.1 Å². The van der Waals surface area contributed by atoms with Gasteiger partial charge in [-0.15, -0.1) is 11.6 Å². The van der Waals surface area contributed by atoms with Crippen LogP contribution in [0.1, 0.15) is 24.5 Å². The van der Waals surface area contributed by atoms with E-state index in [0.29, 0.717) is 12.3 Å². The number of hydrogen-bond donors (Lipinski definition) is 2. The summed E-state index contributed by atoms with van der Waals surface area (Å²) in [5.74, 6) is 0.412. The first-order chi connectivity index (χ1) is 14.0. The number of aromatic nitrogens is 1. The van der Waals surface area contributed by atoms with E-state index in [1.54, 1.807) is 11.8 Å². The van der Waals surface area contributed by atoms with Gasteiger partial charge in [-0.05, 0) is 54.3 Å². The molecule has 2 heterocycles. The number of rotatable bonds is 5. The van der Waals surface area contributed by atoms with Crippen LogP contribution in [0.4, 0.5) is 0 Å². The first-order valence-corrected chi connectivity index (χ1v) is 10.7. The third-order valence-corrected chi connectivity index (χ3v) is 6.56. The van der Waals surface area contributed by atoms with Crippen LogP contribution >= 0.6 is 23.4 Å². The van der Waals surface area contributed by atoms with Crippen LogP contribution in [0.2, 0.25) is 0 Å². The van der Waals surface area contributed by atoms with E-state index in [2.05, 4.69) is 39.8 Å². The topological polar surface area (TPSA) is 80.4 Å². The Balaban J connectivity index is 1.62. The largest absolute Gasteiger partial charge is 0.325 e. The molecule has 3 N–H and O–H groups in total. The fourth-order valence-corrected chi connectivity index (χ4v) is 4.51. The summed E-state index contributed by atoms with van der Waals surface area (Å²) in [5.41, 5.74) is 12.6. The Bertz CT molecular complexity index is 1050. The molecule has 148 valence electrons. The number of amides is 1. The lowest BCUT2D eigenvalue weighted by Crippen LogP contribution is -2.47. The second-order valence-corrected chi connectivity index (χ2v) is 8.66. The highest BCUT2D eigenvalue weighted by Crippen LogP contribution is 2.41. The zero-order valence-corrected chi connectivity index (χ0v) is 17.6. The molecular weight excluding hydrogens is 404 g/mol. The Morgan fingerprint density at radius 2 is 2.03 bits per heavy atom. The van der Waals surface area contributed by atoms with Crippen molar-refractivity contribution in [2.75, 3.05) is 6.54 Å². The van der Waals surface area contributed by atoms with E-state index in [-0.39, 0.29) is 12.5 Å². The second kappa shape index (κ2) is 8.14. The van der Waals surface area contributed by atoms with E-state index in [1.807, 2.05) is 37.5 Å². The molecule has 1 amide bonds. The summed E-state index contributed by atoms with van der Waals surface area (Å²) in [6.07, 6.45) is 8.40. The maximum Gasteiger partial charge on any atom is 0.250 e. The summed E-state index contributed by atoms with van der Waals surface area (Å²) in [6.45, 7) is 2.21. The van der Waals surface area contributed by atoms with Crippen molar-refractivity contribution < 1.29 is 4.79 Å². The van der Waals surface area contributed by atoms with Gasteiger partial charge < -0.3 is 5.73 Å². The van der Waals surface area contributed by atoms with Gasteiger partial charge in [0.2, 0.25) is 0 Å². The van der Waals surface area contributed by atoms with Crippen LogP contribution in [0, 0.1) is 5.41 Å². The van der Waals surface area contributed by atoms with Gasteiger partial charge in [0.15, 0.2) is 0 Å². The van der Waals surface area contributed by atoms with Gasteiger partial charge in [-0.1, -0.05) is 30.0 Å². The molecule has 1 aromatic carbocycles. The fraction of sp³-hybridized carbons (Fsp3) is 0.227. The number of alkyl halides is 1. The Hall–Kier alpha value is -2.41. The molecule has 1 aliphatic carbocycles. The minimum Gasteiger partial charge on any atom is -0.325 e. The van der Waals surface area contributed by atoms with Crippen LogP contribution in [-0.4, -0.2) is 23.1 Å². The van der Waals surface area contributed by atoms with Crippen molar-refractivity contribution in [1.29, 1.82) is 0 Å². The maximum atomic E-state index is 12.4. The molecule has 0 fully saturated rings. The SMILES string of the molecule is CC12CC=C(c3cncc(Sc4ccc(CCl)cc4)c3)C=C1C(CN)=NNC2=O. The highest BCUT2D eigenvalue weighted by atomic mass is 35.5. The minimum absolute atomic E-state index is 0.0981. The number of carbonyl (C=O) groups excluding carboxylic acids is 1. The molecule has 1 aliphatic heterocycles. The number of halogens is 1. The van der Waals surface area contributed by atoms with Gasteiger partial charge in [-0.2, -0.15) is 5.10 Å². The van der Waals surface area contributed by atoms with E-state index >= 15 is 0 Å². The summed E-state index contributed by atoms with van der Waals surface area (Å²) in [4.78, 5) is 19.0. The number of carbonyl (C=O) groups is 1. The predicted molar refractivity (Wildman–Crippen MR) is 118 cm³/mol. The Morgan fingerprint density at radius 3 is 2.76 bits per heavy atom. The van der Waals surface area contributed by atoms with E-state index in [9.17, 15) is 4.79 Å². The normalized spacial score (nSPS) is 20.9. The number of nitrogens with two attached hydrogens (primary N) is 1. The smallest absolute Gasteiger partial charge is 0.250 e. The number of benzene rings is 1. The molecular formula is C22H21ClN4OS. The molecule has 0 spiro atoms. The fourth-order valence-electron chi connectivity index (χ4n) is 3.49. The number of nitrogens with one attached hydrogen (secondary N) is 1. The molecule has 2 aliphatic rings. The quantitative estimate of drug-likeness (QED) is 0.707.